The van der Waals surface area contributed by atoms with Crippen molar-refractivity contribution >= 4 is 87.4 Å². The van der Waals surface area contributed by atoms with Crippen LogP contribution in [0.2, 0.25) is 0 Å². The van der Waals surface area contributed by atoms with E-state index < -0.39 is 8.67 Å². The summed E-state index contributed by atoms with van der Waals surface area (Å²) in [6, 6.07) is 0. The van der Waals surface area contributed by atoms with E-state index in [1.807, 2.05) is 0 Å². The minimum Gasteiger partial charge on any atom is -0.381 e. The molecular formula is C11H24Cl4O2Si4. The lowest BCUT2D eigenvalue weighted by Crippen LogP contribution is -2.61. The zero-order valence-electron chi connectivity index (χ0n) is 13.0. The van der Waals surface area contributed by atoms with E-state index in [2.05, 4.69) is 0 Å². The molecule has 0 bridgehead atoms. The number of rotatable bonds is 2. The second-order valence-corrected chi connectivity index (χ2v) is 21.6. The fourth-order valence-electron chi connectivity index (χ4n) is 3.33. The van der Waals surface area contributed by atoms with Crippen LogP contribution in [0.5, 0.6) is 0 Å². The summed E-state index contributed by atoms with van der Waals surface area (Å²) >= 11 is 26.9. The van der Waals surface area contributed by atoms with Gasteiger partial charge in [0.1, 0.15) is 8.67 Å². The second-order valence-electron chi connectivity index (χ2n) is 7.17. The van der Waals surface area contributed by atoms with Crippen molar-refractivity contribution in [1.29, 1.82) is 0 Å². The molecule has 0 aliphatic carbocycles. The maximum Gasteiger partial charge on any atom is 0.142 e. The van der Waals surface area contributed by atoms with Crippen molar-refractivity contribution in [2.45, 2.75) is 37.6 Å². The van der Waals surface area contributed by atoms with Gasteiger partial charge in [0.25, 0.3) is 0 Å². The van der Waals surface area contributed by atoms with Gasteiger partial charge in [0.2, 0.25) is 0 Å². The fourth-order valence-corrected chi connectivity index (χ4v) is 6.79. The molecule has 0 aromatic rings. The highest BCUT2D eigenvalue weighted by Crippen LogP contribution is 2.52. The first-order chi connectivity index (χ1) is 9.42. The van der Waals surface area contributed by atoms with Crippen LogP contribution >= 0.6 is 46.4 Å². The van der Waals surface area contributed by atoms with Gasteiger partial charge in [-0.05, 0) is 31.1 Å². The van der Waals surface area contributed by atoms with Gasteiger partial charge < -0.3 is 9.47 Å². The summed E-state index contributed by atoms with van der Waals surface area (Å²) in [5.74, 6) is 0.396. The van der Waals surface area contributed by atoms with E-state index in [-0.39, 0.29) is 21.5 Å². The van der Waals surface area contributed by atoms with Crippen molar-refractivity contribution in [1.82, 2.24) is 0 Å². The highest BCUT2D eigenvalue weighted by molar-refractivity contribution is 6.59. The third-order valence-corrected chi connectivity index (χ3v) is 15.0. The molecule has 2 nitrogen and oxygen atoms in total. The molecule has 0 aromatic carbocycles. The van der Waals surface area contributed by atoms with Gasteiger partial charge in [-0.15, -0.1) is 0 Å². The van der Waals surface area contributed by atoms with Crippen molar-refractivity contribution in [3.05, 3.63) is 0 Å². The predicted molar refractivity (Wildman–Crippen MR) is 107 cm³/mol. The molecule has 2 rings (SSSR count). The summed E-state index contributed by atoms with van der Waals surface area (Å²) in [7, 11) is 3.41. The van der Waals surface area contributed by atoms with Gasteiger partial charge in [-0.1, -0.05) is 46.4 Å². The van der Waals surface area contributed by atoms with Gasteiger partial charge >= 0.3 is 0 Å². The van der Waals surface area contributed by atoms with Crippen LogP contribution in [0.4, 0.5) is 0 Å². The summed E-state index contributed by atoms with van der Waals surface area (Å²) < 4.78 is 10.1. The Balaban J connectivity index is 2.17. The molecule has 0 radical (unpaired) electrons. The van der Waals surface area contributed by atoms with Gasteiger partial charge in [0, 0.05) is 54.2 Å². The first-order valence-corrected chi connectivity index (χ1v) is 13.0. The molecule has 124 valence electrons. The highest BCUT2D eigenvalue weighted by Gasteiger charge is 2.56. The number of ether oxygens (including phenoxy) is 2. The maximum atomic E-state index is 6.72. The zero-order valence-corrected chi connectivity index (χ0v) is 24.0. The number of halogens is 4. The number of hydrogen-bond donors (Lipinski definition) is 0. The Labute approximate surface area is 159 Å². The molecule has 0 N–H and O–H groups in total. The van der Waals surface area contributed by atoms with Crippen LogP contribution in [0.3, 0.4) is 0 Å². The first kappa shape index (κ1) is 19.3. The first-order valence-electron chi connectivity index (χ1n) is 7.45. The molecule has 2 aliphatic rings. The maximum absolute atomic E-state index is 6.72. The highest BCUT2D eigenvalue weighted by atomic mass is 35.5. The average Bonchev–Trinajstić information content (AvgIpc) is 2.31. The molecule has 0 spiro atoms. The normalized spacial score (nSPS) is 46.9. The molecule has 2 unspecified atom stereocenters. The Kier molecular flexibility index (Phi) is 5.83. The minimum atomic E-state index is -0.801. The molecule has 2 heterocycles. The Morgan fingerprint density at radius 2 is 1.10 bits per heavy atom. The van der Waals surface area contributed by atoms with Crippen molar-refractivity contribution < 1.29 is 9.47 Å². The lowest BCUT2D eigenvalue weighted by atomic mass is 9.83. The lowest BCUT2D eigenvalue weighted by Gasteiger charge is -2.51. The topological polar surface area (TPSA) is 18.5 Å². The van der Waals surface area contributed by atoms with Crippen molar-refractivity contribution in [2.75, 3.05) is 13.2 Å². The molecule has 0 amide bonds. The van der Waals surface area contributed by atoms with E-state index in [4.69, 9.17) is 55.9 Å². The smallest absolute Gasteiger partial charge is 0.142 e. The number of alkyl halides is 4. The summed E-state index contributed by atoms with van der Waals surface area (Å²) in [6.07, 6.45) is 2.64. The van der Waals surface area contributed by atoms with Crippen molar-refractivity contribution in [3.63, 3.8) is 0 Å². The van der Waals surface area contributed by atoms with Gasteiger partial charge in [-0.2, -0.15) is 0 Å². The fraction of sp³-hybridized carbons (Fsp3) is 1.00. The zero-order chi connectivity index (χ0) is 16.1. The summed E-state index contributed by atoms with van der Waals surface area (Å²) in [5, 5.41) is 0. The summed E-state index contributed by atoms with van der Waals surface area (Å²) in [5.41, 5.74) is 0. The molecule has 0 aromatic heterocycles. The van der Waals surface area contributed by atoms with E-state index in [1.54, 1.807) is 0 Å². The second kappa shape index (κ2) is 6.35. The minimum absolute atomic E-state index is 0.198. The Bertz CT molecular complexity index is 370. The lowest BCUT2D eigenvalue weighted by molar-refractivity contribution is -0.0272. The van der Waals surface area contributed by atoms with Gasteiger partial charge in [-0.25, -0.2) is 0 Å². The largest absolute Gasteiger partial charge is 0.381 e. The summed E-state index contributed by atoms with van der Waals surface area (Å²) in [4.78, 5) is -0.574. The van der Waals surface area contributed by atoms with E-state index in [0.29, 0.717) is 0 Å². The monoisotopic (exact) mass is 440 g/mol. The Morgan fingerprint density at radius 1 is 0.762 bits per heavy atom. The molecule has 2 fully saturated rings. The Hall–Kier alpha value is 1.95. The van der Waals surface area contributed by atoms with Gasteiger partial charge in [0.15, 0.2) is 0 Å². The number of hydrogen-bond acceptors (Lipinski definition) is 2. The van der Waals surface area contributed by atoms with E-state index in [1.165, 1.54) is 0 Å². The predicted octanol–water partition coefficient (Wildman–Crippen LogP) is -1.43. The van der Waals surface area contributed by atoms with Crippen LogP contribution < -0.4 is 0 Å². The van der Waals surface area contributed by atoms with Crippen LogP contribution in [-0.2, 0) is 9.47 Å². The molecular weight excluding hydrogens is 418 g/mol. The van der Waals surface area contributed by atoms with Crippen LogP contribution in [0, 0.1) is 11.8 Å². The third-order valence-electron chi connectivity index (χ3n) is 5.06. The Morgan fingerprint density at radius 3 is 1.43 bits per heavy atom. The quantitative estimate of drug-likeness (QED) is 0.386. The molecule has 2 saturated heterocycles. The molecule has 21 heavy (non-hydrogen) atoms. The van der Waals surface area contributed by atoms with E-state index in [0.717, 1.165) is 73.4 Å². The van der Waals surface area contributed by atoms with Gasteiger partial charge in [-0.3, -0.25) is 0 Å². The molecule has 0 saturated carbocycles. The molecule has 2 aliphatic heterocycles. The van der Waals surface area contributed by atoms with Crippen LogP contribution in [0.1, 0.15) is 19.3 Å². The van der Waals surface area contributed by atoms with Crippen molar-refractivity contribution in [2.24, 2.45) is 11.8 Å². The van der Waals surface area contributed by atoms with Crippen LogP contribution in [0.15, 0.2) is 0 Å². The standard InChI is InChI=1S/C11H24Cl4O2Si4/c12-8(13)6(1-3-16-10(8,18)19)5-7-2-4-17-11(20,21)9(7,14)15/h6-7H,1-5H2,18-21H3. The van der Waals surface area contributed by atoms with E-state index in [9.17, 15) is 0 Å². The molecule has 10 heteroatoms. The van der Waals surface area contributed by atoms with Crippen LogP contribution in [0.25, 0.3) is 0 Å². The summed E-state index contributed by atoms with van der Waals surface area (Å²) in [6.45, 7) is 1.49. The third kappa shape index (κ3) is 3.50. The molecule has 2 atom stereocenters. The van der Waals surface area contributed by atoms with Crippen molar-refractivity contribution in [3.8, 4) is 0 Å². The average molecular weight is 442 g/mol. The SMILES string of the molecule is [SiH3]C1([SiH3])OCCC(CC2CCOC([SiH3])([SiH3])C2(Cl)Cl)C1(Cl)Cl. The van der Waals surface area contributed by atoms with Gasteiger partial charge in [0.05, 0.1) is 9.70 Å². The van der Waals surface area contributed by atoms with Crippen LogP contribution in [-0.4, -0.2) is 72.5 Å². The van der Waals surface area contributed by atoms with E-state index >= 15 is 0 Å².